The molecule has 0 amide bonds. The van der Waals surface area contributed by atoms with Crippen molar-refractivity contribution in [2.24, 2.45) is 0 Å². The number of halogens is 1. The van der Waals surface area contributed by atoms with Crippen molar-refractivity contribution < 1.29 is 14.6 Å². The number of fused-ring (bicyclic) bond motifs is 1. The van der Waals surface area contributed by atoms with E-state index in [-0.39, 0.29) is 11.5 Å². The fourth-order valence-corrected chi connectivity index (χ4v) is 3.79. The molecule has 112 valence electrons. The molecule has 1 heterocycles. The second-order valence-corrected chi connectivity index (χ2v) is 6.71. The van der Waals surface area contributed by atoms with Crippen LogP contribution in [0.2, 0.25) is 0 Å². The van der Waals surface area contributed by atoms with E-state index >= 15 is 0 Å². The predicted molar refractivity (Wildman–Crippen MR) is 91.8 cm³/mol. The molecule has 1 aliphatic rings. The summed E-state index contributed by atoms with van der Waals surface area (Å²) in [6, 6.07) is 11.1. The summed E-state index contributed by atoms with van der Waals surface area (Å²) in [7, 11) is 1.50. The van der Waals surface area contributed by atoms with Crippen LogP contribution in [-0.2, 0) is 0 Å². The van der Waals surface area contributed by atoms with E-state index in [0.717, 1.165) is 21.6 Å². The van der Waals surface area contributed by atoms with Crippen molar-refractivity contribution in [1.29, 1.82) is 0 Å². The van der Waals surface area contributed by atoms with Crippen LogP contribution in [0.5, 0.6) is 11.5 Å². The van der Waals surface area contributed by atoms with Crippen molar-refractivity contribution in [2.75, 3.05) is 12.9 Å². The summed E-state index contributed by atoms with van der Waals surface area (Å²) in [6.45, 7) is 0. The molecular weight excluding hydrogens is 364 g/mol. The van der Waals surface area contributed by atoms with Gasteiger partial charge >= 0.3 is 0 Å². The molecule has 0 atom stereocenters. The van der Waals surface area contributed by atoms with E-state index in [2.05, 4.69) is 15.9 Å². The third-order valence-corrected chi connectivity index (χ3v) is 5.14. The highest BCUT2D eigenvalue weighted by atomic mass is 79.9. The minimum absolute atomic E-state index is 0.0533. The number of benzene rings is 2. The second-order valence-electron chi connectivity index (χ2n) is 4.84. The summed E-state index contributed by atoms with van der Waals surface area (Å²) < 4.78 is 5.68. The Morgan fingerprint density at radius 2 is 2.09 bits per heavy atom. The van der Waals surface area contributed by atoms with Crippen molar-refractivity contribution in [3.63, 3.8) is 0 Å². The van der Waals surface area contributed by atoms with Crippen LogP contribution >= 0.6 is 27.7 Å². The van der Waals surface area contributed by atoms with Crippen LogP contribution in [0.3, 0.4) is 0 Å². The topological polar surface area (TPSA) is 46.5 Å². The van der Waals surface area contributed by atoms with Crippen molar-refractivity contribution in [2.45, 2.75) is 4.90 Å². The summed E-state index contributed by atoms with van der Waals surface area (Å²) in [5.41, 5.74) is 2.29. The smallest absolute Gasteiger partial charge is 0.191 e. The summed E-state index contributed by atoms with van der Waals surface area (Å²) in [6.07, 6.45) is 1.85. The van der Waals surface area contributed by atoms with Gasteiger partial charge in [0.1, 0.15) is 0 Å². The van der Waals surface area contributed by atoms with Gasteiger partial charge in [-0.15, -0.1) is 11.8 Å². The van der Waals surface area contributed by atoms with E-state index < -0.39 is 0 Å². The van der Waals surface area contributed by atoms with Gasteiger partial charge in [-0.25, -0.2) is 0 Å². The third-order valence-electron chi connectivity index (χ3n) is 3.42. The van der Waals surface area contributed by atoms with E-state index in [9.17, 15) is 9.90 Å². The average Bonchev–Trinajstić information content (AvgIpc) is 2.53. The molecule has 0 saturated carbocycles. The molecule has 0 saturated heterocycles. The fraction of sp³-hybridized carbons (Fsp3) is 0.118. The minimum atomic E-state index is 0.0533. The first-order chi connectivity index (χ1) is 10.6. The zero-order chi connectivity index (χ0) is 15.7. The van der Waals surface area contributed by atoms with Gasteiger partial charge in [0, 0.05) is 21.8 Å². The standard InChI is InChI=1S/C17H13BrO3S/c1-21-14-8-10(7-13(18)17(14)20)6-11-9-22-15-5-3-2-4-12(15)16(11)19/h2-8,20H,9H2,1H3/b11-6-. The summed E-state index contributed by atoms with van der Waals surface area (Å²) in [5, 5.41) is 9.85. The molecule has 0 unspecified atom stereocenters. The van der Waals surface area contributed by atoms with Gasteiger partial charge in [0.05, 0.1) is 11.6 Å². The van der Waals surface area contributed by atoms with Crippen LogP contribution in [0.25, 0.3) is 6.08 Å². The summed E-state index contributed by atoms with van der Waals surface area (Å²) in [5.74, 6) is 1.12. The molecule has 2 aromatic carbocycles. The number of aromatic hydroxyl groups is 1. The number of phenolic OH excluding ortho intramolecular Hbond substituents is 1. The summed E-state index contributed by atoms with van der Waals surface area (Å²) >= 11 is 4.95. The van der Waals surface area contributed by atoms with E-state index in [1.165, 1.54) is 7.11 Å². The lowest BCUT2D eigenvalue weighted by Gasteiger charge is -2.17. The van der Waals surface area contributed by atoms with Gasteiger partial charge in [0.15, 0.2) is 17.3 Å². The van der Waals surface area contributed by atoms with Crippen LogP contribution in [0.4, 0.5) is 0 Å². The molecule has 1 N–H and O–H groups in total. The number of ether oxygens (including phenoxy) is 1. The molecule has 0 spiro atoms. The lowest BCUT2D eigenvalue weighted by Crippen LogP contribution is -2.12. The summed E-state index contributed by atoms with van der Waals surface area (Å²) in [4.78, 5) is 13.6. The molecule has 22 heavy (non-hydrogen) atoms. The van der Waals surface area contributed by atoms with Crippen LogP contribution in [0, 0.1) is 0 Å². The van der Waals surface area contributed by atoms with Crippen molar-refractivity contribution in [3.05, 3.63) is 57.6 Å². The predicted octanol–water partition coefficient (Wildman–Crippen LogP) is 4.54. The molecule has 1 aliphatic heterocycles. The SMILES string of the molecule is COc1cc(/C=C2/CSc3ccccc3C2=O)cc(Br)c1O. The highest BCUT2D eigenvalue weighted by Gasteiger charge is 2.22. The van der Waals surface area contributed by atoms with Crippen molar-refractivity contribution in [1.82, 2.24) is 0 Å². The Morgan fingerprint density at radius 1 is 1.32 bits per heavy atom. The van der Waals surface area contributed by atoms with E-state index in [4.69, 9.17) is 4.74 Å². The fourth-order valence-electron chi connectivity index (χ4n) is 2.32. The highest BCUT2D eigenvalue weighted by Crippen LogP contribution is 2.37. The minimum Gasteiger partial charge on any atom is -0.503 e. The van der Waals surface area contributed by atoms with E-state index in [1.807, 2.05) is 30.3 Å². The lowest BCUT2D eigenvalue weighted by molar-refractivity contribution is 0.103. The highest BCUT2D eigenvalue weighted by molar-refractivity contribution is 9.10. The normalized spacial score (nSPS) is 15.7. The molecule has 3 nitrogen and oxygen atoms in total. The van der Waals surface area contributed by atoms with Crippen LogP contribution < -0.4 is 4.74 Å². The average molecular weight is 377 g/mol. The number of carbonyl (C=O) groups is 1. The second kappa shape index (κ2) is 6.18. The molecule has 0 aromatic heterocycles. The molecule has 3 rings (SSSR count). The van der Waals surface area contributed by atoms with Crippen molar-refractivity contribution >= 4 is 39.6 Å². The van der Waals surface area contributed by atoms with Gasteiger partial charge in [-0.05, 0) is 51.8 Å². The number of Topliss-reactive ketones (excluding diaryl/α,β-unsaturated/α-hetero) is 1. The molecule has 0 radical (unpaired) electrons. The van der Waals surface area contributed by atoms with Crippen molar-refractivity contribution in [3.8, 4) is 11.5 Å². The number of hydrogen-bond acceptors (Lipinski definition) is 4. The third kappa shape index (κ3) is 2.78. The van der Waals surface area contributed by atoms with Gasteiger partial charge < -0.3 is 9.84 Å². The molecule has 0 bridgehead atoms. The van der Waals surface area contributed by atoms with Gasteiger partial charge in [0.25, 0.3) is 0 Å². The molecular formula is C17H13BrO3S. The monoisotopic (exact) mass is 376 g/mol. The van der Waals surface area contributed by atoms with Crippen LogP contribution in [0.15, 0.2) is 51.3 Å². The number of carbonyl (C=O) groups excluding carboxylic acids is 1. The number of ketones is 1. The molecule has 0 fully saturated rings. The van der Waals surface area contributed by atoms with E-state index in [0.29, 0.717) is 16.0 Å². The Kier molecular flexibility index (Phi) is 4.27. The van der Waals surface area contributed by atoms with Crippen LogP contribution in [-0.4, -0.2) is 23.8 Å². The van der Waals surface area contributed by atoms with Gasteiger partial charge in [-0.1, -0.05) is 12.1 Å². The maximum Gasteiger partial charge on any atom is 0.191 e. The first-order valence-electron chi connectivity index (χ1n) is 6.63. The Morgan fingerprint density at radius 3 is 2.86 bits per heavy atom. The largest absolute Gasteiger partial charge is 0.503 e. The van der Waals surface area contributed by atoms with Gasteiger partial charge in [-0.3, -0.25) is 4.79 Å². The first kappa shape index (κ1) is 15.2. The Hall–Kier alpha value is -1.72. The van der Waals surface area contributed by atoms with Crippen LogP contribution in [0.1, 0.15) is 15.9 Å². The molecule has 5 heteroatoms. The number of thioether (sulfide) groups is 1. The van der Waals surface area contributed by atoms with Gasteiger partial charge in [-0.2, -0.15) is 0 Å². The molecule has 2 aromatic rings. The van der Waals surface area contributed by atoms with Gasteiger partial charge in [0.2, 0.25) is 0 Å². The number of rotatable bonds is 2. The lowest BCUT2D eigenvalue weighted by atomic mass is 10.0. The number of hydrogen-bond donors (Lipinski definition) is 1. The quantitative estimate of drug-likeness (QED) is 0.781. The molecule has 0 aliphatic carbocycles. The maximum atomic E-state index is 12.6. The Labute approximate surface area is 141 Å². The Bertz CT molecular complexity index is 783. The number of phenols is 1. The Balaban J connectivity index is 2.00. The maximum absolute atomic E-state index is 12.6. The first-order valence-corrected chi connectivity index (χ1v) is 8.41. The zero-order valence-electron chi connectivity index (χ0n) is 11.8. The zero-order valence-corrected chi connectivity index (χ0v) is 14.2. The number of methoxy groups -OCH3 is 1. The van der Waals surface area contributed by atoms with E-state index in [1.54, 1.807) is 23.9 Å².